The molecule has 1 aromatic carbocycles. The highest BCUT2D eigenvalue weighted by Crippen LogP contribution is 2.17. The summed E-state index contributed by atoms with van der Waals surface area (Å²) in [5.41, 5.74) is 0.257. The quantitative estimate of drug-likeness (QED) is 0.896. The maximum absolute atomic E-state index is 13.0. The molecule has 0 unspecified atom stereocenters. The second-order valence-electron chi connectivity index (χ2n) is 4.45. The third-order valence-electron chi connectivity index (χ3n) is 2.60. The van der Waals surface area contributed by atoms with E-state index in [1.807, 2.05) is 19.9 Å². The van der Waals surface area contributed by atoms with Crippen LogP contribution in [0, 0.1) is 17.1 Å². The molecule has 1 aromatic heterocycles. The molecule has 2 N–H and O–H groups in total. The molecule has 7 heteroatoms. The van der Waals surface area contributed by atoms with Crippen LogP contribution in [0.25, 0.3) is 0 Å². The number of nitrogens with one attached hydrogen (secondary N) is 2. The Labute approximate surface area is 114 Å². The van der Waals surface area contributed by atoms with E-state index in [9.17, 15) is 9.18 Å². The number of anilines is 1. The van der Waals surface area contributed by atoms with Gasteiger partial charge in [-0.25, -0.2) is 9.37 Å². The van der Waals surface area contributed by atoms with Crippen LogP contribution < -0.4 is 5.32 Å². The molecule has 2 aromatic rings. The summed E-state index contributed by atoms with van der Waals surface area (Å²) >= 11 is 0. The van der Waals surface area contributed by atoms with Crippen LogP contribution in [0.5, 0.6) is 0 Å². The first-order valence-corrected chi connectivity index (χ1v) is 5.94. The van der Waals surface area contributed by atoms with Gasteiger partial charge in [0.25, 0.3) is 5.91 Å². The largest absolute Gasteiger partial charge is 0.318 e. The van der Waals surface area contributed by atoms with Gasteiger partial charge in [-0.05, 0) is 18.2 Å². The van der Waals surface area contributed by atoms with E-state index >= 15 is 0 Å². The number of nitriles is 1. The highest BCUT2D eigenvalue weighted by molar-refractivity contribution is 6.02. The van der Waals surface area contributed by atoms with Crippen molar-refractivity contribution in [3.8, 4) is 6.07 Å². The number of carbonyl (C=O) groups excluding carboxylic acids is 1. The van der Waals surface area contributed by atoms with Crippen LogP contribution in [0.4, 0.5) is 10.1 Å². The molecule has 0 spiro atoms. The molecule has 0 saturated heterocycles. The maximum Gasteiger partial charge on any atom is 0.295 e. The molecule has 6 nitrogen and oxygen atoms in total. The molecule has 0 fully saturated rings. The van der Waals surface area contributed by atoms with Gasteiger partial charge < -0.3 is 5.32 Å². The lowest BCUT2D eigenvalue weighted by atomic mass is 10.2. The summed E-state index contributed by atoms with van der Waals surface area (Å²) in [6.45, 7) is 3.83. The smallest absolute Gasteiger partial charge is 0.295 e. The van der Waals surface area contributed by atoms with E-state index in [0.717, 1.165) is 12.1 Å². The van der Waals surface area contributed by atoms with Crippen LogP contribution in [0.2, 0.25) is 0 Å². The first kappa shape index (κ1) is 13.7. The highest BCUT2D eigenvalue weighted by atomic mass is 19.1. The summed E-state index contributed by atoms with van der Waals surface area (Å²) in [7, 11) is 0. The molecule has 0 aliphatic carbocycles. The number of amides is 1. The van der Waals surface area contributed by atoms with Crippen LogP contribution in [-0.4, -0.2) is 21.1 Å². The van der Waals surface area contributed by atoms with Gasteiger partial charge in [-0.1, -0.05) is 13.8 Å². The molecule has 0 atom stereocenters. The highest BCUT2D eigenvalue weighted by Gasteiger charge is 2.15. The third kappa shape index (κ3) is 2.80. The fraction of sp³-hybridized carbons (Fsp3) is 0.231. The molecular formula is C13H12FN5O. The molecular weight excluding hydrogens is 261 g/mol. The number of aromatic amines is 1. The predicted molar refractivity (Wildman–Crippen MR) is 69.5 cm³/mol. The number of rotatable bonds is 3. The molecule has 0 saturated carbocycles. The van der Waals surface area contributed by atoms with Gasteiger partial charge in [-0.2, -0.15) is 5.26 Å². The second-order valence-corrected chi connectivity index (χ2v) is 4.45. The minimum Gasteiger partial charge on any atom is -0.318 e. The molecule has 1 amide bonds. The molecule has 102 valence electrons. The number of hydrogen-bond donors (Lipinski definition) is 2. The van der Waals surface area contributed by atoms with E-state index in [4.69, 9.17) is 5.26 Å². The molecule has 1 heterocycles. The van der Waals surface area contributed by atoms with Gasteiger partial charge in [0.2, 0.25) is 5.82 Å². The van der Waals surface area contributed by atoms with Crippen molar-refractivity contribution in [3.63, 3.8) is 0 Å². The van der Waals surface area contributed by atoms with Gasteiger partial charge in [0.1, 0.15) is 17.7 Å². The van der Waals surface area contributed by atoms with Crippen LogP contribution in [-0.2, 0) is 0 Å². The van der Waals surface area contributed by atoms with E-state index in [1.165, 1.54) is 6.07 Å². The number of hydrogen-bond acceptors (Lipinski definition) is 4. The Bertz CT molecular complexity index is 686. The zero-order chi connectivity index (χ0) is 14.7. The fourth-order valence-electron chi connectivity index (χ4n) is 1.53. The molecule has 0 radical (unpaired) electrons. The topological polar surface area (TPSA) is 94.5 Å². The van der Waals surface area contributed by atoms with Crippen molar-refractivity contribution in [3.05, 3.63) is 41.2 Å². The normalized spacial score (nSPS) is 10.3. The molecule has 0 bridgehead atoms. The zero-order valence-corrected chi connectivity index (χ0v) is 10.9. The lowest BCUT2D eigenvalue weighted by Gasteiger charge is -2.04. The van der Waals surface area contributed by atoms with E-state index in [0.29, 0.717) is 5.82 Å². The summed E-state index contributed by atoms with van der Waals surface area (Å²) in [4.78, 5) is 16.0. The first-order valence-electron chi connectivity index (χ1n) is 5.94. The van der Waals surface area contributed by atoms with Crippen LogP contribution >= 0.6 is 0 Å². The summed E-state index contributed by atoms with van der Waals surface area (Å²) in [5, 5.41) is 17.8. The van der Waals surface area contributed by atoms with Crippen molar-refractivity contribution in [1.82, 2.24) is 15.2 Å². The summed E-state index contributed by atoms with van der Waals surface area (Å²) in [6.07, 6.45) is 0. The molecule has 2 rings (SSSR count). The van der Waals surface area contributed by atoms with Crippen molar-refractivity contribution in [1.29, 1.82) is 5.26 Å². The van der Waals surface area contributed by atoms with Crippen molar-refractivity contribution >= 4 is 11.6 Å². The Morgan fingerprint density at radius 3 is 2.85 bits per heavy atom. The van der Waals surface area contributed by atoms with Gasteiger partial charge in [0, 0.05) is 5.92 Å². The Morgan fingerprint density at radius 2 is 2.25 bits per heavy atom. The third-order valence-corrected chi connectivity index (χ3v) is 2.60. The first-order chi connectivity index (χ1) is 9.51. The monoisotopic (exact) mass is 273 g/mol. The number of nitrogens with zero attached hydrogens (tertiary/aromatic N) is 3. The molecule has 0 aliphatic heterocycles. The maximum atomic E-state index is 13.0. The number of carbonyl (C=O) groups is 1. The average molecular weight is 273 g/mol. The van der Waals surface area contributed by atoms with Gasteiger partial charge in [-0.15, -0.1) is 5.10 Å². The summed E-state index contributed by atoms with van der Waals surface area (Å²) in [6, 6.07) is 5.34. The Morgan fingerprint density at radius 1 is 1.50 bits per heavy atom. The Kier molecular flexibility index (Phi) is 3.75. The fourth-order valence-corrected chi connectivity index (χ4v) is 1.53. The van der Waals surface area contributed by atoms with E-state index in [2.05, 4.69) is 20.5 Å². The number of aromatic nitrogens is 3. The number of halogens is 1. The summed E-state index contributed by atoms with van der Waals surface area (Å²) in [5.74, 6) is -0.419. The lowest BCUT2D eigenvalue weighted by molar-refractivity contribution is 0.101. The van der Waals surface area contributed by atoms with E-state index in [-0.39, 0.29) is 23.0 Å². The van der Waals surface area contributed by atoms with Crippen molar-refractivity contribution < 1.29 is 9.18 Å². The van der Waals surface area contributed by atoms with Gasteiger partial charge in [0.15, 0.2) is 0 Å². The van der Waals surface area contributed by atoms with E-state index in [1.54, 1.807) is 0 Å². The number of benzene rings is 1. The standard InChI is InChI=1S/C13H12FN5O/c1-7(2)11-17-12(19-18-11)13(20)16-10-4-3-9(14)5-8(10)6-15/h3-5,7H,1-2H3,(H,16,20)(H,17,18,19). The Balaban J connectivity index is 2.21. The molecule has 20 heavy (non-hydrogen) atoms. The average Bonchev–Trinajstić information content (AvgIpc) is 2.90. The SMILES string of the molecule is CC(C)c1nc(C(=O)Nc2ccc(F)cc2C#N)n[nH]1. The van der Waals surface area contributed by atoms with Crippen LogP contribution in [0.1, 0.15) is 41.8 Å². The Hall–Kier alpha value is -2.75. The van der Waals surface area contributed by atoms with Crippen molar-refractivity contribution in [2.24, 2.45) is 0 Å². The minimum atomic E-state index is -0.559. The summed E-state index contributed by atoms with van der Waals surface area (Å²) < 4.78 is 13.0. The van der Waals surface area contributed by atoms with Crippen LogP contribution in [0.15, 0.2) is 18.2 Å². The van der Waals surface area contributed by atoms with Gasteiger partial charge >= 0.3 is 0 Å². The van der Waals surface area contributed by atoms with Gasteiger partial charge in [0.05, 0.1) is 11.3 Å². The van der Waals surface area contributed by atoms with Gasteiger partial charge in [-0.3, -0.25) is 9.89 Å². The zero-order valence-electron chi connectivity index (χ0n) is 10.9. The molecule has 0 aliphatic rings. The minimum absolute atomic E-state index is 0.0260. The van der Waals surface area contributed by atoms with E-state index < -0.39 is 11.7 Å². The number of H-pyrrole nitrogens is 1. The second kappa shape index (κ2) is 5.48. The van der Waals surface area contributed by atoms with Crippen molar-refractivity contribution in [2.75, 3.05) is 5.32 Å². The van der Waals surface area contributed by atoms with Crippen LogP contribution in [0.3, 0.4) is 0 Å². The predicted octanol–water partition coefficient (Wildman–Crippen LogP) is 2.19. The van der Waals surface area contributed by atoms with Crippen molar-refractivity contribution in [2.45, 2.75) is 19.8 Å². The lowest BCUT2D eigenvalue weighted by Crippen LogP contribution is -2.15.